The molecule has 1 heterocycles. The van der Waals surface area contributed by atoms with Crippen LogP contribution in [0.3, 0.4) is 0 Å². The summed E-state index contributed by atoms with van der Waals surface area (Å²) >= 11 is 0. The summed E-state index contributed by atoms with van der Waals surface area (Å²) in [5, 5.41) is 9.58. The molecule has 1 rings (SSSR count). The minimum absolute atomic E-state index is 0.0950. The number of nitrogens with one attached hydrogen (secondary N) is 1. The van der Waals surface area contributed by atoms with Crippen LogP contribution in [0.2, 0.25) is 0 Å². The summed E-state index contributed by atoms with van der Waals surface area (Å²) in [6.07, 6.45) is 3.11. The largest absolute Gasteiger partial charge is 0.393 e. The van der Waals surface area contributed by atoms with E-state index in [9.17, 15) is 9.90 Å². The molecular weight excluding hydrogens is 206 g/mol. The second kappa shape index (κ2) is 6.83. The Morgan fingerprint density at radius 2 is 2.31 bits per heavy atom. The molecule has 0 aromatic carbocycles. The van der Waals surface area contributed by atoms with Crippen molar-refractivity contribution in [2.45, 2.75) is 38.7 Å². The van der Waals surface area contributed by atoms with Crippen molar-refractivity contribution < 1.29 is 9.90 Å². The van der Waals surface area contributed by atoms with Crippen LogP contribution in [0.25, 0.3) is 0 Å². The third kappa shape index (κ3) is 4.47. The standard InChI is InChI=1S/C11H23N3O2/c1-9-8-14(7-5-10(9)15)6-3-2-4-11(16)13-12/h9-10,15H,2-8,12H2,1H3,(H,13,16). The molecule has 1 aliphatic heterocycles. The number of rotatable bonds is 5. The predicted octanol–water partition coefficient (Wildman–Crippen LogP) is -0.151. The van der Waals surface area contributed by atoms with E-state index in [0.717, 1.165) is 38.9 Å². The van der Waals surface area contributed by atoms with Crippen molar-refractivity contribution in [2.24, 2.45) is 11.8 Å². The Morgan fingerprint density at radius 3 is 2.94 bits per heavy atom. The van der Waals surface area contributed by atoms with Crippen molar-refractivity contribution in [1.29, 1.82) is 0 Å². The summed E-state index contributed by atoms with van der Waals surface area (Å²) in [5.41, 5.74) is 2.13. The molecule has 16 heavy (non-hydrogen) atoms. The number of carbonyl (C=O) groups excluding carboxylic acids is 1. The fraction of sp³-hybridized carbons (Fsp3) is 0.909. The molecule has 2 atom stereocenters. The van der Waals surface area contributed by atoms with Gasteiger partial charge in [0, 0.05) is 19.5 Å². The lowest BCUT2D eigenvalue weighted by atomic mass is 9.96. The lowest BCUT2D eigenvalue weighted by molar-refractivity contribution is -0.121. The minimum atomic E-state index is -0.140. The molecule has 4 N–H and O–H groups in total. The highest BCUT2D eigenvalue weighted by atomic mass is 16.3. The Labute approximate surface area is 97.0 Å². The highest BCUT2D eigenvalue weighted by molar-refractivity contribution is 5.75. The van der Waals surface area contributed by atoms with E-state index in [1.807, 2.05) is 0 Å². The van der Waals surface area contributed by atoms with E-state index in [0.29, 0.717) is 12.3 Å². The number of amides is 1. The normalized spacial score (nSPS) is 26.7. The van der Waals surface area contributed by atoms with Gasteiger partial charge in [0.2, 0.25) is 5.91 Å². The Balaban J connectivity index is 2.07. The van der Waals surface area contributed by atoms with Crippen LogP contribution < -0.4 is 11.3 Å². The molecule has 1 aliphatic rings. The third-order valence-electron chi connectivity index (χ3n) is 3.23. The lowest BCUT2D eigenvalue weighted by Gasteiger charge is -2.34. The van der Waals surface area contributed by atoms with Crippen LogP contribution in [-0.2, 0) is 4.79 Å². The maximum atomic E-state index is 10.9. The van der Waals surface area contributed by atoms with Crippen molar-refractivity contribution >= 4 is 5.91 Å². The summed E-state index contributed by atoms with van der Waals surface area (Å²) in [6.45, 7) is 5.02. The number of hydrogen-bond acceptors (Lipinski definition) is 4. The number of likely N-dealkylation sites (tertiary alicyclic amines) is 1. The van der Waals surface area contributed by atoms with Gasteiger partial charge in [0.05, 0.1) is 6.10 Å². The molecule has 0 aliphatic carbocycles. The summed E-state index contributed by atoms with van der Waals surface area (Å²) in [4.78, 5) is 13.2. The molecule has 0 bridgehead atoms. The molecule has 5 heteroatoms. The van der Waals surface area contributed by atoms with E-state index in [4.69, 9.17) is 5.84 Å². The van der Waals surface area contributed by atoms with Gasteiger partial charge in [0.25, 0.3) is 0 Å². The monoisotopic (exact) mass is 229 g/mol. The molecule has 0 radical (unpaired) electrons. The Morgan fingerprint density at radius 1 is 1.56 bits per heavy atom. The molecule has 1 amide bonds. The van der Waals surface area contributed by atoms with Gasteiger partial charge in [-0.3, -0.25) is 10.2 Å². The highest BCUT2D eigenvalue weighted by Gasteiger charge is 2.23. The van der Waals surface area contributed by atoms with Gasteiger partial charge >= 0.3 is 0 Å². The van der Waals surface area contributed by atoms with Gasteiger partial charge in [0.1, 0.15) is 0 Å². The number of piperidine rings is 1. The van der Waals surface area contributed by atoms with E-state index in [-0.39, 0.29) is 12.0 Å². The maximum absolute atomic E-state index is 10.9. The molecule has 5 nitrogen and oxygen atoms in total. The summed E-state index contributed by atoms with van der Waals surface area (Å²) < 4.78 is 0. The first kappa shape index (κ1) is 13.4. The fourth-order valence-electron chi connectivity index (χ4n) is 2.12. The molecule has 1 saturated heterocycles. The predicted molar refractivity (Wildman–Crippen MR) is 62.4 cm³/mol. The molecular formula is C11H23N3O2. The van der Waals surface area contributed by atoms with Crippen LogP contribution in [0.5, 0.6) is 0 Å². The van der Waals surface area contributed by atoms with Gasteiger partial charge in [0.15, 0.2) is 0 Å². The van der Waals surface area contributed by atoms with Crippen LogP contribution in [0, 0.1) is 5.92 Å². The third-order valence-corrected chi connectivity index (χ3v) is 3.23. The van der Waals surface area contributed by atoms with Crippen LogP contribution in [0.4, 0.5) is 0 Å². The summed E-state index contributed by atoms with van der Waals surface area (Å²) in [7, 11) is 0. The molecule has 0 aromatic heterocycles. The van der Waals surface area contributed by atoms with Crippen molar-refractivity contribution in [3.63, 3.8) is 0 Å². The van der Waals surface area contributed by atoms with Gasteiger partial charge in [-0.25, -0.2) is 5.84 Å². The topological polar surface area (TPSA) is 78.6 Å². The Kier molecular flexibility index (Phi) is 5.73. The minimum Gasteiger partial charge on any atom is -0.393 e. The van der Waals surface area contributed by atoms with Crippen molar-refractivity contribution in [1.82, 2.24) is 10.3 Å². The number of hydrogen-bond donors (Lipinski definition) is 3. The Hall–Kier alpha value is -0.650. The number of nitrogens with zero attached hydrogens (tertiary/aromatic N) is 1. The number of aliphatic hydroxyl groups excluding tert-OH is 1. The first-order chi connectivity index (χ1) is 7.63. The van der Waals surface area contributed by atoms with Crippen molar-refractivity contribution in [3.05, 3.63) is 0 Å². The molecule has 0 saturated carbocycles. The van der Waals surface area contributed by atoms with Crippen molar-refractivity contribution in [2.75, 3.05) is 19.6 Å². The smallest absolute Gasteiger partial charge is 0.233 e. The molecule has 0 aromatic rings. The lowest BCUT2D eigenvalue weighted by Crippen LogP contribution is -2.42. The van der Waals surface area contributed by atoms with Crippen LogP contribution in [-0.4, -0.2) is 41.7 Å². The van der Waals surface area contributed by atoms with Gasteiger partial charge in [-0.1, -0.05) is 6.92 Å². The molecule has 1 fully saturated rings. The second-order valence-corrected chi connectivity index (χ2v) is 4.66. The van der Waals surface area contributed by atoms with Crippen LogP contribution in [0.15, 0.2) is 0 Å². The van der Waals surface area contributed by atoms with Crippen molar-refractivity contribution in [3.8, 4) is 0 Å². The summed E-state index contributed by atoms with van der Waals surface area (Å²) in [6, 6.07) is 0. The van der Waals surface area contributed by atoms with Gasteiger partial charge in [-0.05, 0) is 31.7 Å². The second-order valence-electron chi connectivity index (χ2n) is 4.66. The van der Waals surface area contributed by atoms with E-state index >= 15 is 0 Å². The summed E-state index contributed by atoms with van der Waals surface area (Å²) in [5.74, 6) is 5.26. The molecule has 0 spiro atoms. The van der Waals surface area contributed by atoms with E-state index in [1.165, 1.54) is 0 Å². The number of aliphatic hydroxyl groups is 1. The highest BCUT2D eigenvalue weighted by Crippen LogP contribution is 2.16. The zero-order valence-corrected chi connectivity index (χ0v) is 9.98. The number of unbranched alkanes of at least 4 members (excludes halogenated alkanes) is 1. The zero-order valence-electron chi connectivity index (χ0n) is 9.98. The first-order valence-corrected chi connectivity index (χ1v) is 6.03. The number of nitrogens with two attached hydrogens (primary N) is 1. The van der Waals surface area contributed by atoms with E-state index in [1.54, 1.807) is 0 Å². The maximum Gasteiger partial charge on any atom is 0.233 e. The van der Waals surface area contributed by atoms with Gasteiger partial charge < -0.3 is 10.0 Å². The van der Waals surface area contributed by atoms with E-state index < -0.39 is 0 Å². The Bertz CT molecular complexity index is 223. The van der Waals surface area contributed by atoms with E-state index in [2.05, 4.69) is 17.2 Å². The SMILES string of the molecule is CC1CN(CCCCC(=O)NN)CCC1O. The average molecular weight is 229 g/mol. The van der Waals surface area contributed by atoms with Crippen LogP contribution >= 0.6 is 0 Å². The number of carbonyl (C=O) groups is 1. The fourth-order valence-corrected chi connectivity index (χ4v) is 2.12. The van der Waals surface area contributed by atoms with Crippen LogP contribution in [0.1, 0.15) is 32.6 Å². The van der Waals surface area contributed by atoms with Gasteiger partial charge in [-0.15, -0.1) is 0 Å². The molecule has 2 unspecified atom stereocenters. The zero-order chi connectivity index (χ0) is 12.0. The first-order valence-electron chi connectivity index (χ1n) is 6.03. The molecule has 94 valence electrons. The quantitative estimate of drug-likeness (QED) is 0.265. The average Bonchev–Trinajstić information content (AvgIpc) is 2.28. The van der Waals surface area contributed by atoms with Gasteiger partial charge in [-0.2, -0.15) is 0 Å². The number of hydrazine groups is 1.